The molecular weight excluding hydrogens is 250 g/mol. The number of amides is 1. The fraction of sp³-hybridized carbons (Fsp3) is 0.125. The van der Waals surface area contributed by atoms with E-state index in [-0.39, 0.29) is 5.91 Å². The van der Waals surface area contributed by atoms with Crippen LogP contribution in [0.2, 0.25) is 0 Å². The lowest BCUT2D eigenvalue weighted by molar-refractivity contribution is 0.0952. The third-order valence-electron chi connectivity index (χ3n) is 3.21. The first-order valence-electron chi connectivity index (χ1n) is 6.51. The van der Waals surface area contributed by atoms with Gasteiger partial charge in [0.1, 0.15) is 0 Å². The van der Waals surface area contributed by atoms with Crippen LogP contribution in [0.5, 0.6) is 0 Å². The Bertz CT molecular complexity index is 761. The second kappa shape index (κ2) is 5.17. The smallest absolute Gasteiger partial charge is 0.253 e. The lowest BCUT2D eigenvalue weighted by atomic mass is 10.1. The molecule has 0 bridgehead atoms. The van der Waals surface area contributed by atoms with Crippen molar-refractivity contribution in [1.29, 1.82) is 0 Å². The zero-order valence-electron chi connectivity index (χ0n) is 11.2. The molecule has 1 amide bonds. The van der Waals surface area contributed by atoms with Crippen LogP contribution in [0.25, 0.3) is 10.9 Å². The van der Waals surface area contributed by atoms with Gasteiger partial charge < -0.3 is 10.3 Å². The van der Waals surface area contributed by atoms with Gasteiger partial charge in [-0.3, -0.25) is 9.78 Å². The normalized spacial score (nSPS) is 10.7. The summed E-state index contributed by atoms with van der Waals surface area (Å²) in [5, 5.41) is 3.94. The standard InChI is InChI=1S/C16H15N3O/c1-11-4-2-6-13(19-11)10-18-16(20)14-7-3-5-12-8-9-17-15(12)14/h2-9,17H,10H2,1H3,(H,18,20). The molecule has 1 aromatic carbocycles. The zero-order valence-corrected chi connectivity index (χ0v) is 11.2. The van der Waals surface area contributed by atoms with Crippen LogP contribution in [-0.4, -0.2) is 15.9 Å². The van der Waals surface area contributed by atoms with E-state index in [1.807, 2.05) is 55.6 Å². The Hall–Kier alpha value is -2.62. The Labute approximate surface area is 116 Å². The molecule has 0 spiro atoms. The van der Waals surface area contributed by atoms with Gasteiger partial charge in [-0.2, -0.15) is 0 Å². The van der Waals surface area contributed by atoms with Crippen molar-refractivity contribution in [1.82, 2.24) is 15.3 Å². The number of carbonyl (C=O) groups excluding carboxylic acids is 1. The summed E-state index contributed by atoms with van der Waals surface area (Å²) in [6.07, 6.45) is 1.84. The van der Waals surface area contributed by atoms with E-state index in [9.17, 15) is 4.79 Å². The minimum Gasteiger partial charge on any atom is -0.361 e. The average molecular weight is 265 g/mol. The molecule has 20 heavy (non-hydrogen) atoms. The number of aryl methyl sites for hydroxylation is 1. The number of rotatable bonds is 3. The monoisotopic (exact) mass is 265 g/mol. The molecule has 0 aliphatic carbocycles. The number of hydrogen-bond donors (Lipinski definition) is 2. The molecule has 100 valence electrons. The maximum absolute atomic E-state index is 12.3. The van der Waals surface area contributed by atoms with Crippen LogP contribution in [-0.2, 0) is 6.54 Å². The van der Waals surface area contributed by atoms with E-state index in [4.69, 9.17) is 0 Å². The molecular formula is C16H15N3O. The predicted octanol–water partition coefficient (Wildman–Crippen LogP) is 2.80. The van der Waals surface area contributed by atoms with Crippen LogP contribution in [0.4, 0.5) is 0 Å². The molecule has 0 saturated heterocycles. The van der Waals surface area contributed by atoms with Crippen LogP contribution < -0.4 is 5.32 Å². The number of benzene rings is 1. The molecule has 3 aromatic rings. The lowest BCUT2D eigenvalue weighted by Gasteiger charge is -2.06. The average Bonchev–Trinajstić information content (AvgIpc) is 2.93. The van der Waals surface area contributed by atoms with Crippen molar-refractivity contribution in [3.05, 3.63) is 65.6 Å². The van der Waals surface area contributed by atoms with E-state index < -0.39 is 0 Å². The first-order valence-corrected chi connectivity index (χ1v) is 6.51. The molecule has 0 saturated carbocycles. The van der Waals surface area contributed by atoms with Crippen molar-refractivity contribution in [2.75, 3.05) is 0 Å². The number of pyridine rings is 1. The summed E-state index contributed by atoms with van der Waals surface area (Å²) < 4.78 is 0. The van der Waals surface area contributed by atoms with Crippen LogP contribution in [0, 0.1) is 6.92 Å². The van der Waals surface area contributed by atoms with Crippen molar-refractivity contribution in [3.8, 4) is 0 Å². The molecule has 0 unspecified atom stereocenters. The molecule has 0 aliphatic heterocycles. The SMILES string of the molecule is Cc1cccc(CNC(=O)c2cccc3cc[nH]c23)n1. The fourth-order valence-electron chi connectivity index (χ4n) is 2.24. The van der Waals surface area contributed by atoms with Gasteiger partial charge in [-0.15, -0.1) is 0 Å². The topological polar surface area (TPSA) is 57.8 Å². The van der Waals surface area contributed by atoms with Gasteiger partial charge in [0.2, 0.25) is 0 Å². The molecule has 4 heteroatoms. The van der Waals surface area contributed by atoms with Crippen LogP contribution in [0.3, 0.4) is 0 Å². The Balaban J connectivity index is 1.78. The Kier molecular flexibility index (Phi) is 3.21. The van der Waals surface area contributed by atoms with Crippen molar-refractivity contribution < 1.29 is 4.79 Å². The van der Waals surface area contributed by atoms with E-state index in [0.717, 1.165) is 22.3 Å². The van der Waals surface area contributed by atoms with Crippen LogP contribution in [0.15, 0.2) is 48.7 Å². The van der Waals surface area contributed by atoms with Crippen molar-refractivity contribution in [2.24, 2.45) is 0 Å². The summed E-state index contributed by atoms with van der Waals surface area (Å²) in [5.41, 5.74) is 3.32. The molecule has 0 aliphatic rings. The van der Waals surface area contributed by atoms with E-state index in [1.165, 1.54) is 0 Å². The van der Waals surface area contributed by atoms with Gasteiger partial charge in [0.15, 0.2) is 0 Å². The fourth-order valence-corrected chi connectivity index (χ4v) is 2.24. The number of hydrogen-bond acceptors (Lipinski definition) is 2. The van der Waals surface area contributed by atoms with E-state index in [2.05, 4.69) is 15.3 Å². The molecule has 2 heterocycles. The summed E-state index contributed by atoms with van der Waals surface area (Å²) in [5.74, 6) is -0.0960. The molecule has 0 radical (unpaired) electrons. The summed E-state index contributed by atoms with van der Waals surface area (Å²) in [7, 11) is 0. The zero-order chi connectivity index (χ0) is 13.9. The maximum atomic E-state index is 12.3. The number of nitrogens with zero attached hydrogens (tertiary/aromatic N) is 1. The summed E-state index contributed by atoms with van der Waals surface area (Å²) >= 11 is 0. The first kappa shape index (κ1) is 12.4. The third-order valence-corrected chi connectivity index (χ3v) is 3.21. The van der Waals surface area contributed by atoms with E-state index >= 15 is 0 Å². The number of para-hydroxylation sites is 1. The van der Waals surface area contributed by atoms with Crippen LogP contribution >= 0.6 is 0 Å². The third kappa shape index (κ3) is 2.40. The van der Waals surface area contributed by atoms with Crippen LogP contribution in [0.1, 0.15) is 21.7 Å². The molecule has 4 nitrogen and oxygen atoms in total. The number of carbonyl (C=O) groups is 1. The highest BCUT2D eigenvalue weighted by Gasteiger charge is 2.10. The lowest BCUT2D eigenvalue weighted by Crippen LogP contribution is -2.23. The first-order chi connectivity index (χ1) is 9.74. The predicted molar refractivity (Wildman–Crippen MR) is 78.4 cm³/mol. The minimum absolute atomic E-state index is 0.0960. The summed E-state index contributed by atoms with van der Waals surface area (Å²) in [6.45, 7) is 2.36. The van der Waals surface area contributed by atoms with Gasteiger partial charge in [-0.1, -0.05) is 18.2 Å². The molecule has 2 aromatic heterocycles. The van der Waals surface area contributed by atoms with E-state index in [0.29, 0.717) is 12.1 Å². The molecule has 3 rings (SSSR count). The molecule has 0 atom stereocenters. The summed E-state index contributed by atoms with van der Waals surface area (Å²) in [4.78, 5) is 19.7. The number of fused-ring (bicyclic) bond motifs is 1. The quantitative estimate of drug-likeness (QED) is 0.765. The highest BCUT2D eigenvalue weighted by molar-refractivity contribution is 6.05. The largest absolute Gasteiger partial charge is 0.361 e. The number of nitrogens with one attached hydrogen (secondary N) is 2. The van der Waals surface area contributed by atoms with Gasteiger partial charge in [0, 0.05) is 17.3 Å². The number of H-pyrrole nitrogens is 1. The second-order valence-electron chi connectivity index (χ2n) is 4.70. The highest BCUT2D eigenvalue weighted by atomic mass is 16.1. The van der Waals surface area contributed by atoms with Gasteiger partial charge in [0.05, 0.1) is 23.3 Å². The summed E-state index contributed by atoms with van der Waals surface area (Å²) in [6, 6.07) is 13.4. The Morgan fingerprint density at radius 2 is 2.05 bits per heavy atom. The Morgan fingerprint density at radius 3 is 2.90 bits per heavy atom. The van der Waals surface area contributed by atoms with Gasteiger partial charge in [-0.25, -0.2) is 0 Å². The molecule has 0 fully saturated rings. The highest BCUT2D eigenvalue weighted by Crippen LogP contribution is 2.16. The van der Waals surface area contributed by atoms with Gasteiger partial charge >= 0.3 is 0 Å². The maximum Gasteiger partial charge on any atom is 0.253 e. The van der Waals surface area contributed by atoms with E-state index in [1.54, 1.807) is 0 Å². The van der Waals surface area contributed by atoms with Crippen molar-refractivity contribution in [3.63, 3.8) is 0 Å². The Morgan fingerprint density at radius 1 is 1.20 bits per heavy atom. The molecule has 2 N–H and O–H groups in total. The second-order valence-corrected chi connectivity index (χ2v) is 4.70. The minimum atomic E-state index is -0.0960. The van der Waals surface area contributed by atoms with Crippen molar-refractivity contribution in [2.45, 2.75) is 13.5 Å². The van der Waals surface area contributed by atoms with Gasteiger partial charge in [-0.05, 0) is 31.2 Å². The number of aromatic nitrogens is 2. The number of aromatic amines is 1. The van der Waals surface area contributed by atoms with Gasteiger partial charge in [0.25, 0.3) is 5.91 Å². The van der Waals surface area contributed by atoms with Crippen molar-refractivity contribution >= 4 is 16.8 Å².